The van der Waals surface area contributed by atoms with Crippen molar-refractivity contribution >= 4 is 28.3 Å². The van der Waals surface area contributed by atoms with Crippen LogP contribution in [0.1, 0.15) is 41.0 Å². The SMILES string of the molecule is Cc1cc([C@@H](C)Nc2ccc(Cl)nc2C)c2oc(-c3ccn(C)c3C)c(C)c(=O)c2c1. The number of fused-ring (bicyclic) bond motifs is 1. The number of aromatic nitrogens is 2. The van der Waals surface area contributed by atoms with Crippen molar-refractivity contribution < 1.29 is 4.42 Å². The molecule has 0 amide bonds. The number of benzene rings is 1. The fraction of sp³-hybridized carbons (Fsp3) is 0.280. The van der Waals surface area contributed by atoms with E-state index < -0.39 is 0 Å². The molecule has 0 aliphatic carbocycles. The molecule has 3 aromatic heterocycles. The van der Waals surface area contributed by atoms with Gasteiger partial charge >= 0.3 is 0 Å². The zero-order valence-electron chi connectivity index (χ0n) is 18.6. The molecule has 31 heavy (non-hydrogen) atoms. The zero-order valence-corrected chi connectivity index (χ0v) is 19.4. The van der Waals surface area contributed by atoms with Crippen LogP contribution in [0.25, 0.3) is 22.3 Å². The molecule has 4 rings (SSSR count). The summed E-state index contributed by atoms with van der Waals surface area (Å²) in [6, 6.07) is 9.53. The Bertz CT molecular complexity index is 1370. The number of nitrogens with one attached hydrogen (secondary N) is 1. The van der Waals surface area contributed by atoms with Crippen LogP contribution < -0.4 is 10.7 Å². The largest absolute Gasteiger partial charge is 0.455 e. The molecule has 0 aliphatic heterocycles. The van der Waals surface area contributed by atoms with E-state index in [2.05, 4.69) is 23.3 Å². The summed E-state index contributed by atoms with van der Waals surface area (Å²) in [5.74, 6) is 0.622. The van der Waals surface area contributed by atoms with Gasteiger partial charge in [0.1, 0.15) is 16.5 Å². The minimum Gasteiger partial charge on any atom is -0.455 e. The number of rotatable bonds is 4. The minimum atomic E-state index is -0.111. The van der Waals surface area contributed by atoms with Gasteiger partial charge < -0.3 is 14.3 Å². The van der Waals surface area contributed by atoms with Crippen molar-refractivity contribution in [3.8, 4) is 11.3 Å². The van der Waals surface area contributed by atoms with E-state index >= 15 is 0 Å². The molecule has 0 bridgehead atoms. The molecule has 0 spiro atoms. The number of halogens is 1. The van der Waals surface area contributed by atoms with Crippen LogP contribution in [-0.2, 0) is 7.05 Å². The van der Waals surface area contributed by atoms with Crippen LogP contribution in [0.5, 0.6) is 0 Å². The molecule has 0 fully saturated rings. The quantitative estimate of drug-likeness (QED) is 0.384. The van der Waals surface area contributed by atoms with E-state index in [0.29, 0.717) is 27.4 Å². The third kappa shape index (κ3) is 3.74. The Morgan fingerprint density at radius 2 is 1.87 bits per heavy atom. The summed E-state index contributed by atoms with van der Waals surface area (Å²) in [5.41, 5.74) is 6.86. The average molecular weight is 436 g/mol. The van der Waals surface area contributed by atoms with Crippen molar-refractivity contribution in [3.05, 3.63) is 80.0 Å². The summed E-state index contributed by atoms with van der Waals surface area (Å²) in [4.78, 5) is 17.6. The number of nitrogens with zero attached hydrogens (tertiary/aromatic N) is 2. The summed E-state index contributed by atoms with van der Waals surface area (Å²) in [6.07, 6.45) is 1.98. The Balaban J connectivity index is 1.90. The second kappa shape index (κ2) is 7.89. The highest BCUT2D eigenvalue weighted by atomic mass is 35.5. The standard InChI is InChI=1S/C25H26ClN3O2/c1-13-11-19(15(3)27-21-7-8-22(26)28-16(21)4)25-20(12-13)23(30)14(2)24(31-25)18-9-10-29(6)17(18)5/h7-12,15,27H,1-6H3/t15-/m1/s1. The van der Waals surface area contributed by atoms with Crippen LogP contribution in [-0.4, -0.2) is 9.55 Å². The van der Waals surface area contributed by atoms with E-state index in [-0.39, 0.29) is 11.5 Å². The maximum atomic E-state index is 13.3. The summed E-state index contributed by atoms with van der Waals surface area (Å²) in [5, 5.41) is 4.56. The van der Waals surface area contributed by atoms with Crippen molar-refractivity contribution in [3.63, 3.8) is 0 Å². The molecule has 0 aliphatic rings. The highest BCUT2D eigenvalue weighted by Crippen LogP contribution is 2.33. The van der Waals surface area contributed by atoms with Crippen LogP contribution >= 0.6 is 11.6 Å². The van der Waals surface area contributed by atoms with Crippen molar-refractivity contribution in [2.45, 2.75) is 40.7 Å². The van der Waals surface area contributed by atoms with Crippen LogP contribution in [0.4, 0.5) is 5.69 Å². The lowest BCUT2D eigenvalue weighted by Crippen LogP contribution is -2.13. The first-order valence-corrected chi connectivity index (χ1v) is 10.6. The number of aryl methyl sites for hydroxylation is 3. The topological polar surface area (TPSA) is 60.1 Å². The molecule has 5 nitrogen and oxygen atoms in total. The first-order chi connectivity index (χ1) is 14.7. The third-order valence-electron chi connectivity index (χ3n) is 5.91. The molecule has 3 heterocycles. The fourth-order valence-electron chi connectivity index (χ4n) is 3.99. The van der Waals surface area contributed by atoms with Crippen molar-refractivity contribution in [1.82, 2.24) is 9.55 Å². The molecular formula is C25H26ClN3O2. The minimum absolute atomic E-state index is 0.000920. The van der Waals surface area contributed by atoms with E-state index in [4.69, 9.17) is 16.0 Å². The number of hydrogen-bond donors (Lipinski definition) is 1. The van der Waals surface area contributed by atoms with E-state index in [1.165, 1.54) is 0 Å². The second-order valence-electron chi connectivity index (χ2n) is 8.17. The predicted molar refractivity (Wildman–Crippen MR) is 127 cm³/mol. The molecule has 0 unspecified atom stereocenters. The van der Waals surface area contributed by atoms with Crippen LogP contribution in [0, 0.1) is 27.7 Å². The lowest BCUT2D eigenvalue weighted by molar-refractivity contribution is 0.604. The molecule has 0 saturated carbocycles. The average Bonchev–Trinajstić information content (AvgIpc) is 3.05. The number of hydrogen-bond acceptors (Lipinski definition) is 4. The molecule has 160 valence electrons. The van der Waals surface area contributed by atoms with Gasteiger partial charge in [-0.05, 0) is 64.4 Å². The number of pyridine rings is 1. The van der Waals surface area contributed by atoms with E-state index in [1.807, 2.05) is 63.7 Å². The van der Waals surface area contributed by atoms with Crippen LogP contribution in [0.15, 0.2) is 45.7 Å². The molecular weight excluding hydrogens is 410 g/mol. The fourth-order valence-corrected chi connectivity index (χ4v) is 4.18. The Hall–Kier alpha value is -3.05. The first kappa shape index (κ1) is 21.2. The van der Waals surface area contributed by atoms with E-state index in [9.17, 15) is 4.79 Å². The van der Waals surface area contributed by atoms with Gasteiger partial charge in [0.05, 0.1) is 22.8 Å². The highest BCUT2D eigenvalue weighted by Gasteiger charge is 2.20. The maximum absolute atomic E-state index is 13.3. The monoisotopic (exact) mass is 435 g/mol. The molecule has 1 aromatic carbocycles. The zero-order chi connectivity index (χ0) is 22.4. The summed E-state index contributed by atoms with van der Waals surface area (Å²) < 4.78 is 8.48. The normalized spacial score (nSPS) is 12.4. The summed E-state index contributed by atoms with van der Waals surface area (Å²) in [7, 11) is 1.98. The van der Waals surface area contributed by atoms with Crippen molar-refractivity contribution in [1.29, 1.82) is 0 Å². The molecule has 4 aromatic rings. The maximum Gasteiger partial charge on any atom is 0.196 e. The molecule has 1 atom stereocenters. The van der Waals surface area contributed by atoms with Gasteiger partial charge in [-0.3, -0.25) is 4.79 Å². The summed E-state index contributed by atoms with van der Waals surface area (Å²) >= 11 is 6.00. The Morgan fingerprint density at radius 3 is 2.52 bits per heavy atom. The van der Waals surface area contributed by atoms with Crippen molar-refractivity contribution in [2.75, 3.05) is 5.32 Å². The molecule has 0 radical (unpaired) electrons. The van der Waals surface area contributed by atoms with Crippen molar-refractivity contribution in [2.24, 2.45) is 7.05 Å². The smallest absolute Gasteiger partial charge is 0.196 e. The first-order valence-electron chi connectivity index (χ1n) is 10.3. The van der Waals surface area contributed by atoms with Gasteiger partial charge in [-0.25, -0.2) is 4.98 Å². The Labute approximate surface area is 186 Å². The predicted octanol–water partition coefficient (Wildman–Crippen LogP) is 6.25. The highest BCUT2D eigenvalue weighted by molar-refractivity contribution is 6.29. The van der Waals surface area contributed by atoms with Crippen LogP contribution in [0.3, 0.4) is 0 Å². The van der Waals surface area contributed by atoms with Gasteiger partial charge in [-0.2, -0.15) is 0 Å². The van der Waals surface area contributed by atoms with Crippen LogP contribution in [0.2, 0.25) is 5.15 Å². The second-order valence-corrected chi connectivity index (χ2v) is 8.56. The Morgan fingerprint density at radius 1 is 1.13 bits per heavy atom. The van der Waals surface area contributed by atoms with Gasteiger partial charge in [0.15, 0.2) is 5.43 Å². The van der Waals surface area contributed by atoms with Gasteiger partial charge in [0.25, 0.3) is 0 Å². The van der Waals surface area contributed by atoms with E-state index in [0.717, 1.165) is 33.8 Å². The molecule has 0 saturated heterocycles. The number of anilines is 1. The third-order valence-corrected chi connectivity index (χ3v) is 6.12. The van der Waals surface area contributed by atoms with Gasteiger partial charge in [0.2, 0.25) is 0 Å². The van der Waals surface area contributed by atoms with Gasteiger partial charge in [-0.15, -0.1) is 0 Å². The Kier molecular flexibility index (Phi) is 5.40. The van der Waals surface area contributed by atoms with E-state index in [1.54, 1.807) is 6.07 Å². The van der Waals surface area contributed by atoms with Gasteiger partial charge in [-0.1, -0.05) is 17.7 Å². The van der Waals surface area contributed by atoms with Gasteiger partial charge in [0, 0.05) is 35.6 Å². The summed E-state index contributed by atoms with van der Waals surface area (Å²) in [6.45, 7) is 9.81. The lowest BCUT2D eigenvalue weighted by atomic mass is 9.99. The molecule has 6 heteroatoms. The molecule has 1 N–H and O–H groups in total. The lowest BCUT2D eigenvalue weighted by Gasteiger charge is -2.19.